The van der Waals surface area contributed by atoms with Crippen LogP contribution in [0, 0.1) is 16.0 Å². The molecule has 1 aromatic rings. The summed E-state index contributed by atoms with van der Waals surface area (Å²) in [4.78, 5) is 21.8. The molecule has 19 heavy (non-hydrogen) atoms. The quantitative estimate of drug-likeness (QED) is 0.438. The molecule has 0 aliphatic carbocycles. The molecule has 0 aromatic heterocycles. The fraction of sp³-hybridized carbons (Fsp3) is 0.462. The highest BCUT2D eigenvalue weighted by Crippen LogP contribution is 2.13. The topological polar surface area (TPSA) is 77.3 Å². The predicted octanol–water partition coefficient (Wildman–Crippen LogP) is 2.57. The molecule has 104 valence electrons. The fourth-order valence-electron chi connectivity index (χ4n) is 1.44. The van der Waals surface area contributed by atoms with Crippen LogP contribution in [0.5, 0.6) is 0 Å². The summed E-state index contributed by atoms with van der Waals surface area (Å²) in [5, 5.41) is 10.5. The Balaban J connectivity index is 2.58. The lowest BCUT2D eigenvalue weighted by Crippen LogP contribution is -2.14. The van der Waals surface area contributed by atoms with Crippen LogP contribution in [-0.4, -0.2) is 26.4 Å². The standard InChI is InChI=1S/C13H17NO4S/c1-10(2)7-8-19(18)9-13(15)11-3-5-12(6-4-11)14(16)17/h3-6,10H,7-9H2,1-2H3. The van der Waals surface area contributed by atoms with Crippen molar-refractivity contribution in [2.24, 2.45) is 5.92 Å². The zero-order valence-corrected chi connectivity index (χ0v) is 11.8. The van der Waals surface area contributed by atoms with Crippen molar-refractivity contribution >= 4 is 22.3 Å². The number of nitrogens with zero attached hydrogens (tertiary/aromatic N) is 1. The Morgan fingerprint density at radius 3 is 2.37 bits per heavy atom. The molecule has 1 aromatic carbocycles. The summed E-state index contributed by atoms with van der Waals surface area (Å²) in [5.41, 5.74) is 0.306. The molecule has 5 nitrogen and oxygen atoms in total. The minimum atomic E-state index is -1.17. The van der Waals surface area contributed by atoms with E-state index in [0.29, 0.717) is 17.2 Å². The van der Waals surface area contributed by atoms with E-state index in [4.69, 9.17) is 0 Å². The Morgan fingerprint density at radius 2 is 1.89 bits per heavy atom. The van der Waals surface area contributed by atoms with Gasteiger partial charge in [-0.2, -0.15) is 0 Å². The first kappa shape index (κ1) is 15.5. The summed E-state index contributed by atoms with van der Waals surface area (Å²) in [6.45, 7) is 4.07. The molecule has 1 unspecified atom stereocenters. The van der Waals surface area contributed by atoms with E-state index in [1.165, 1.54) is 24.3 Å². The van der Waals surface area contributed by atoms with Gasteiger partial charge in [0, 0.05) is 34.2 Å². The zero-order valence-electron chi connectivity index (χ0n) is 11.0. The van der Waals surface area contributed by atoms with Gasteiger partial charge in [0.15, 0.2) is 5.78 Å². The van der Waals surface area contributed by atoms with Gasteiger partial charge in [0.1, 0.15) is 0 Å². The molecule has 0 amide bonds. The number of Topliss-reactive ketones (excluding diaryl/α,β-unsaturated/α-hetero) is 1. The molecule has 0 fully saturated rings. The van der Waals surface area contributed by atoms with E-state index in [1.54, 1.807) is 0 Å². The van der Waals surface area contributed by atoms with Gasteiger partial charge in [0.25, 0.3) is 5.69 Å². The number of benzene rings is 1. The summed E-state index contributed by atoms with van der Waals surface area (Å²) in [6.07, 6.45) is 0.820. The monoisotopic (exact) mass is 283 g/mol. The molecule has 1 atom stereocenters. The van der Waals surface area contributed by atoms with Gasteiger partial charge in [-0.25, -0.2) is 0 Å². The highest BCUT2D eigenvalue weighted by atomic mass is 32.2. The van der Waals surface area contributed by atoms with Gasteiger partial charge in [-0.15, -0.1) is 0 Å². The lowest BCUT2D eigenvalue weighted by atomic mass is 10.1. The molecule has 0 aliphatic rings. The summed E-state index contributed by atoms with van der Waals surface area (Å²) < 4.78 is 11.7. The van der Waals surface area contributed by atoms with E-state index in [2.05, 4.69) is 0 Å². The molecule has 6 heteroatoms. The maximum absolute atomic E-state index is 11.8. The zero-order chi connectivity index (χ0) is 14.4. The van der Waals surface area contributed by atoms with E-state index in [1.807, 2.05) is 13.8 Å². The first-order chi connectivity index (χ1) is 8.90. The number of nitro benzene ring substituents is 1. The summed E-state index contributed by atoms with van der Waals surface area (Å²) >= 11 is 0. The smallest absolute Gasteiger partial charge is 0.269 e. The molecular formula is C13H17NO4S. The van der Waals surface area contributed by atoms with Crippen molar-refractivity contribution in [3.8, 4) is 0 Å². The lowest BCUT2D eigenvalue weighted by Gasteiger charge is -2.04. The average Bonchev–Trinajstić information content (AvgIpc) is 2.36. The number of rotatable bonds is 7. The molecule has 0 N–H and O–H groups in total. The largest absolute Gasteiger partial charge is 0.293 e. The van der Waals surface area contributed by atoms with Gasteiger partial charge < -0.3 is 0 Å². The van der Waals surface area contributed by atoms with Crippen LogP contribution >= 0.6 is 0 Å². The van der Waals surface area contributed by atoms with Crippen molar-refractivity contribution in [3.63, 3.8) is 0 Å². The Morgan fingerprint density at radius 1 is 1.32 bits per heavy atom. The molecule has 0 aliphatic heterocycles. The third-order valence-electron chi connectivity index (χ3n) is 2.62. The highest BCUT2D eigenvalue weighted by Gasteiger charge is 2.13. The van der Waals surface area contributed by atoms with E-state index >= 15 is 0 Å². The van der Waals surface area contributed by atoms with Crippen molar-refractivity contribution in [1.29, 1.82) is 0 Å². The SMILES string of the molecule is CC(C)CCS(=O)CC(=O)c1ccc([N+](=O)[O-])cc1. The van der Waals surface area contributed by atoms with Crippen LogP contribution in [0.3, 0.4) is 0 Å². The maximum Gasteiger partial charge on any atom is 0.269 e. The van der Waals surface area contributed by atoms with Crippen LogP contribution < -0.4 is 0 Å². The van der Waals surface area contributed by atoms with Gasteiger partial charge in [-0.05, 0) is 24.5 Å². The summed E-state index contributed by atoms with van der Waals surface area (Å²) in [6, 6.07) is 5.37. The average molecular weight is 283 g/mol. The van der Waals surface area contributed by atoms with Crippen molar-refractivity contribution in [2.75, 3.05) is 11.5 Å². The first-order valence-corrected chi connectivity index (χ1v) is 7.51. The molecular weight excluding hydrogens is 266 g/mol. The van der Waals surface area contributed by atoms with Gasteiger partial charge in [-0.3, -0.25) is 19.1 Å². The minimum absolute atomic E-state index is 0.0233. The molecule has 0 heterocycles. The molecule has 1 rings (SSSR count). The van der Waals surface area contributed by atoms with E-state index in [-0.39, 0.29) is 17.2 Å². The van der Waals surface area contributed by atoms with Crippen molar-refractivity contribution < 1.29 is 13.9 Å². The summed E-state index contributed by atoms with van der Waals surface area (Å²) in [7, 11) is -1.17. The molecule has 0 radical (unpaired) electrons. The van der Waals surface area contributed by atoms with Crippen molar-refractivity contribution in [2.45, 2.75) is 20.3 Å². The van der Waals surface area contributed by atoms with Gasteiger partial charge in [0.05, 0.1) is 10.7 Å². The number of ketones is 1. The van der Waals surface area contributed by atoms with Crippen LogP contribution in [0.2, 0.25) is 0 Å². The number of hydrogen-bond acceptors (Lipinski definition) is 4. The van der Waals surface area contributed by atoms with Crippen LogP contribution in [0.1, 0.15) is 30.6 Å². The number of carbonyl (C=O) groups is 1. The Labute approximate surface area is 114 Å². The van der Waals surface area contributed by atoms with Gasteiger partial charge in [0.2, 0.25) is 0 Å². The molecule has 0 saturated heterocycles. The van der Waals surface area contributed by atoms with Crippen LogP contribution in [0.15, 0.2) is 24.3 Å². The van der Waals surface area contributed by atoms with Crippen LogP contribution in [0.4, 0.5) is 5.69 Å². The summed E-state index contributed by atoms with van der Waals surface area (Å²) in [5.74, 6) is 0.705. The molecule has 0 bridgehead atoms. The van der Waals surface area contributed by atoms with E-state index in [9.17, 15) is 19.1 Å². The normalized spacial score (nSPS) is 12.4. The minimum Gasteiger partial charge on any atom is -0.293 e. The number of carbonyl (C=O) groups excluding carboxylic acids is 1. The van der Waals surface area contributed by atoms with E-state index < -0.39 is 15.7 Å². The Hall–Kier alpha value is -1.56. The third-order valence-corrected chi connectivity index (χ3v) is 3.89. The fourth-order valence-corrected chi connectivity index (χ4v) is 2.78. The first-order valence-electron chi connectivity index (χ1n) is 6.02. The van der Waals surface area contributed by atoms with Gasteiger partial charge in [-0.1, -0.05) is 13.8 Å². The van der Waals surface area contributed by atoms with E-state index in [0.717, 1.165) is 6.42 Å². The Bertz CT molecular complexity index is 482. The van der Waals surface area contributed by atoms with Crippen molar-refractivity contribution in [1.82, 2.24) is 0 Å². The second kappa shape index (κ2) is 7.13. The Kier molecular flexibility index (Phi) is 5.82. The number of hydrogen-bond donors (Lipinski definition) is 0. The van der Waals surface area contributed by atoms with Crippen LogP contribution in [-0.2, 0) is 10.8 Å². The number of non-ortho nitro benzene ring substituents is 1. The van der Waals surface area contributed by atoms with Gasteiger partial charge >= 0.3 is 0 Å². The lowest BCUT2D eigenvalue weighted by molar-refractivity contribution is -0.384. The maximum atomic E-state index is 11.8. The highest BCUT2D eigenvalue weighted by molar-refractivity contribution is 7.85. The van der Waals surface area contributed by atoms with Crippen LogP contribution in [0.25, 0.3) is 0 Å². The second-order valence-corrected chi connectivity index (χ2v) is 6.27. The second-order valence-electron chi connectivity index (χ2n) is 4.70. The molecule has 0 saturated carbocycles. The third kappa shape index (κ3) is 5.30. The molecule has 0 spiro atoms. The number of nitro groups is 1. The van der Waals surface area contributed by atoms with Crippen molar-refractivity contribution in [3.05, 3.63) is 39.9 Å². The predicted molar refractivity (Wildman–Crippen MR) is 74.8 cm³/mol.